The minimum atomic E-state index is -4.20. The zero-order valence-corrected chi connectivity index (χ0v) is 50.5. The molecule has 1 saturated heterocycles. The minimum Gasteiger partial charge on any atom is -0.460 e. The molecule has 0 spiro atoms. The number of sulfone groups is 1. The number of nitrogens with two attached hydrogens (primary N) is 1. The lowest BCUT2D eigenvalue weighted by Gasteiger charge is -2.41. The topological polar surface area (TPSA) is 246 Å². The molecule has 4 amide bonds. The molecule has 1 aromatic rings. The Morgan fingerprint density at radius 1 is 0.792 bits per heavy atom. The van der Waals surface area contributed by atoms with E-state index in [4.69, 9.17) is 19.9 Å². The fourth-order valence-corrected chi connectivity index (χ4v) is 12.1. The molecule has 1 aliphatic rings. The summed E-state index contributed by atoms with van der Waals surface area (Å²) in [6, 6.07) is 3.24. The summed E-state index contributed by atoms with van der Waals surface area (Å²) in [6.07, 6.45) is 1.01. The van der Waals surface area contributed by atoms with Gasteiger partial charge in [-0.15, -0.1) is 0 Å². The van der Waals surface area contributed by atoms with E-state index in [2.05, 4.69) is 5.32 Å². The molecule has 2 rings (SSSR count). The summed E-state index contributed by atoms with van der Waals surface area (Å²) < 4.78 is 45.1. The number of methoxy groups -OCH3 is 2. The van der Waals surface area contributed by atoms with E-state index in [0.717, 1.165) is 0 Å². The molecule has 0 aliphatic carbocycles. The number of amides is 4. The maximum Gasteiger partial charge on any atom is 0.307 e. The highest BCUT2D eigenvalue weighted by atomic mass is 32.2. The van der Waals surface area contributed by atoms with Gasteiger partial charge in [-0.2, -0.15) is 0 Å². The average molecular weight is 1100 g/mol. The lowest BCUT2D eigenvalue weighted by molar-refractivity contribution is -0.158. The molecule has 1 aliphatic heterocycles. The Labute approximate surface area is 461 Å². The number of primary amides is 1. The van der Waals surface area contributed by atoms with Crippen LogP contribution in [0.1, 0.15) is 153 Å². The predicted octanol–water partition coefficient (Wildman–Crippen LogP) is 6.41. The van der Waals surface area contributed by atoms with E-state index in [0.29, 0.717) is 44.2 Å². The van der Waals surface area contributed by atoms with Crippen molar-refractivity contribution in [1.82, 2.24) is 20.0 Å². The number of esters is 1. The van der Waals surface area contributed by atoms with Crippen molar-refractivity contribution in [2.75, 3.05) is 47.7 Å². The fraction of sp³-hybridized carbons (Fsp3) is 0.759. The van der Waals surface area contributed by atoms with Gasteiger partial charge in [0, 0.05) is 58.9 Å². The van der Waals surface area contributed by atoms with Gasteiger partial charge >= 0.3 is 5.97 Å². The standard InChI is InChI=1S/C58H97N5O13S/c1-18-38(8)54(62(15)57(71)43(36(4)5)31-47(65)53(37(6)7)61(13)14)49(74-16)33-51(68)63-29-21-23-45(63)55(75-17)39(9)48(66)34-77(72,73)41-27-25-40(26-28-41)30-46(64)44(22-19-20-24-50(59)67)60-56(70)42(35(2)3)32-52(69)76-58(10,11)12/h25-28,35-39,42-45,49,53-55H,18-24,29-34H2,1-17H3,(H2,59,67)(H,60,70)/t38-,39-,42-,43-,44-,45-,49+,53-,54-,55+/m0/s1. The molecule has 18 nitrogen and oxygen atoms in total. The highest BCUT2D eigenvalue weighted by Gasteiger charge is 2.44. The number of rotatable bonds is 34. The first-order valence-electron chi connectivity index (χ1n) is 27.7. The van der Waals surface area contributed by atoms with Gasteiger partial charge in [-0.1, -0.05) is 87.3 Å². The van der Waals surface area contributed by atoms with Gasteiger partial charge in [-0.25, -0.2) is 8.42 Å². The smallest absolute Gasteiger partial charge is 0.307 e. The maximum atomic E-state index is 14.4. The molecule has 10 atom stereocenters. The van der Waals surface area contributed by atoms with Crippen molar-refractivity contribution in [2.24, 2.45) is 47.2 Å². The maximum absolute atomic E-state index is 14.4. The summed E-state index contributed by atoms with van der Waals surface area (Å²) in [5.41, 5.74) is 5.03. The number of likely N-dealkylation sites (N-methyl/N-ethyl adjacent to an activating group) is 2. The first-order valence-corrected chi connectivity index (χ1v) is 29.4. The first-order chi connectivity index (χ1) is 35.7. The molecule has 0 aromatic heterocycles. The Kier molecular flexibility index (Phi) is 27.8. The molecule has 0 saturated carbocycles. The number of unbranched alkanes of at least 4 members (excludes halogenated alkanes) is 1. The summed E-state index contributed by atoms with van der Waals surface area (Å²) in [5, 5.41) is 2.83. The van der Waals surface area contributed by atoms with Crippen molar-refractivity contribution in [3.63, 3.8) is 0 Å². The Morgan fingerprint density at radius 3 is 1.88 bits per heavy atom. The molecule has 0 radical (unpaired) electrons. The largest absolute Gasteiger partial charge is 0.460 e. The van der Waals surface area contributed by atoms with Crippen LogP contribution in [0, 0.1) is 41.4 Å². The second-order valence-electron chi connectivity index (χ2n) is 23.7. The SMILES string of the molecule is CC[C@H](C)[C@@H]([C@@H](CC(=O)N1CCC[C@H]1[C@H](OC)[C@@H](C)C(=O)CS(=O)(=O)c1ccc(CC(=O)[C@H](CCCCC(N)=O)NC(=O)[C@@H](CC(=O)OC(C)(C)C)C(C)C)cc1)OC)N(C)C(=O)[C@@H](CC(=O)[C@H](C(C)C)N(C)C)C(C)C. The summed E-state index contributed by atoms with van der Waals surface area (Å²) in [4.78, 5) is 113. The van der Waals surface area contributed by atoms with Crippen LogP contribution in [0.25, 0.3) is 0 Å². The number of nitrogens with one attached hydrogen (secondary N) is 1. The number of hydrogen-bond donors (Lipinski definition) is 2. The van der Waals surface area contributed by atoms with Crippen LogP contribution < -0.4 is 11.1 Å². The summed E-state index contributed by atoms with van der Waals surface area (Å²) >= 11 is 0. The van der Waals surface area contributed by atoms with Crippen LogP contribution in [-0.2, 0) is 68.8 Å². The second kappa shape index (κ2) is 31.3. The number of nitrogens with zero attached hydrogens (tertiary/aromatic N) is 3. The Hall–Kier alpha value is -4.59. The van der Waals surface area contributed by atoms with Crippen LogP contribution in [0.15, 0.2) is 29.2 Å². The van der Waals surface area contributed by atoms with Crippen molar-refractivity contribution < 1.29 is 61.0 Å². The van der Waals surface area contributed by atoms with Crippen molar-refractivity contribution in [3.05, 3.63) is 29.8 Å². The van der Waals surface area contributed by atoms with Crippen LogP contribution in [0.2, 0.25) is 0 Å². The van der Waals surface area contributed by atoms with Crippen LogP contribution >= 0.6 is 0 Å². The van der Waals surface area contributed by atoms with Crippen molar-refractivity contribution in [1.29, 1.82) is 0 Å². The summed E-state index contributed by atoms with van der Waals surface area (Å²) in [5.74, 6) is -6.51. The lowest BCUT2D eigenvalue weighted by atomic mass is 9.83. The normalized spacial score (nSPS) is 17.8. The number of Topliss-reactive ketones (excluding diaryl/α,β-unsaturated/α-hetero) is 3. The zero-order chi connectivity index (χ0) is 58.9. The van der Waals surface area contributed by atoms with Gasteiger partial charge in [0.2, 0.25) is 23.6 Å². The van der Waals surface area contributed by atoms with Crippen molar-refractivity contribution >= 4 is 56.8 Å². The Balaban J connectivity index is 2.28. The molecule has 1 aromatic carbocycles. The van der Waals surface area contributed by atoms with Gasteiger partial charge in [0.1, 0.15) is 11.4 Å². The quantitative estimate of drug-likeness (QED) is 0.0559. The molecular weight excluding hydrogens is 1010 g/mol. The molecule has 0 bridgehead atoms. The highest BCUT2D eigenvalue weighted by molar-refractivity contribution is 7.92. The number of carbonyl (C=O) groups is 8. The zero-order valence-electron chi connectivity index (χ0n) is 49.6. The number of benzene rings is 1. The number of hydrogen-bond acceptors (Lipinski definition) is 14. The number of likely N-dealkylation sites (tertiary alicyclic amines) is 1. The molecular formula is C58H97N5O13S. The van der Waals surface area contributed by atoms with Gasteiger partial charge in [-0.3, -0.25) is 43.3 Å². The minimum absolute atomic E-state index is 0.0000279. The second-order valence-corrected chi connectivity index (χ2v) is 25.7. The Morgan fingerprint density at radius 2 is 1.39 bits per heavy atom. The lowest BCUT2D eigenvalue weighted by Crippen LogP contribution is -2.54. The van der Waals surface area contributed by atoms with Crippen molar-refractivity contribution in [3.8, 4) is 0 Å². The van der Waals surface area contributed by atoms with Gasteiger partial charge in [0.05, 0.1) is 60.0 Å². The van der Waals surface area contributed by atoms with E-state index in [9.17, 15) is 46.8 Å². The predicted molar refractivity (Wildman–Crippen MR) is 297 cm³/mol. The van der Waals surface area contributed by atoms with Crippen LogP contribution in [0.3, 0.4) is 0 Å². The Bertz CT molecular complexity index is 2230. The third-order valence-corrected chi connectivity index (χ3v) is 16.9. The van der Waals surface area contributed by atoms with E-state index in [1.165, 1.54) is 38.5 Å². The molecule has 19 heteroatoms. The highest BCUT2D eigenvalue weighted by Crippen LogP contribution is 2.32. The van der Waals surface area contributed by atoms with E-state index in [-0.39, 0.29) is 96.5 Å². The summed E-state index contributed by atoms with van der Waals surface area (Å²) in [7, 11) is 4.21. The van der Waals surface area contributed by atoms with Crippen LogP contribution in [-0.4, -0.2) is 160 Å². The van der Waals surface area contributed by atoms with Crippen LogP contribution in [0.4, 0.5) is 0 Å². The van der Waals surface area contributed by atoms with Crippen molar-refractivity contribution in [2.45, 2.75) is 201 Å². The fourth-order valence-electron chi connectivity index (χ4n) is 10.8. The number of ketones is 3. The molecule has 0 unspecified atom stereocenters. The average Bonchev–Trinajstić information content (AvgIpc) is 3.81. The monoisotopic (exact) mass is 1100 g/mol. The van der Waals surface area contributed by atoms with Crippen LogP contribution in [0.5, 0.6) is 0 Å². The van der Waals surface area contributed by atoms with E-state index < -0.39 is 92.8 Å². The van der Waals surface area contributed by atoms with Gasteiger partial charge < -0.3 is 35.1 Å². The number of ether oxygens (including phenoxy) is 3. The van der Waals surface area contributed by atoms with Gasteiger partial charge in [-0.05, 0) is 102 Å². The van der Waals surface area contributed by atoms with Gasteiger partial charge in [0.25, 0.3) is 0 Å². The molecule has 3 N–H and O–H groups in total. The molecule has 1 fully saturated rings. The third-order valence-electron chi connectivity index (χ3n) is 15.2. The summed E-state index contributed by atoms with van der Waals surface area (Å²) in [6.45, 7) is 22.6. The van der Waals surface area contributed by atoms with E-state index in [1.807, 2.05) is 60.5 Å². The van der Waals surface area contributed by atoms with E-state index >= 15 is 0 Å². The van der Waals surface area contributed by atoms with Gasteiger partial charge in [0.15, 0.2) is 27.2 Å². The molecule has 77 heavy (non-hydrogen) atoms. The molecule has 438 valence electrons. The molecule has 1 heterocycles. The third kappa shape index (κ3) is 20.9. The first kappa shape index (κ1) is 68.5. The van der Waals surface area contributed by atoms with E-state index in [1.54, 1.807) is 58.4 Å². The number of carbonyl (C=O) groups excluding carboxylic acids is 8.